The quantitative estimate of drug-likeness (QED) is 0.307. The Kier molecular flexibility index (Phi) is 7.15. The molecule has 0 aromatic heterocycles. The first-order valence-corrected chi connectivity index (χ1v) is 15.5. The van der Waals surface area contributed by atoms with E-state index in [0.29, 0.717) is 17.8 Å². The van der Waals surface area contributed by atoms with Gasteiger partial charge in [-0.3, -0.25) is 0 Å². The minimum absolute atomic E-state index is 0.178. The third-order valence-electron chi connectivity index (χ3n) is 10.4. The van der Waals surface area contributed by atoms with E-state index in [0.717, 1.165) is 0 Å². The van der Waals surface area contributed by atoms with Gasteiger partial charge in [-0.2, -0.15) is 0 Å². The zero-order valence-electron chi connectivity index (χ0n) is 25.2. The second-order valence-electron chi connectivity index (χ2n) is 15.2. The molecule has 2 aliphatic rings. The van der Waals surface area contributed by atoms with E-state index in [1.807, 2.05) is 0 Å². The van der Waals surface area contributed by atoms with E-state index in [1.165, 1.54) is 40.4 Å². The number of hydrogen-bond acceptors (Lipinski definition) is 0. The molecule has 198 valence electrons. The fourth-order valence-electron chi connectivity index (χ4n) is 7.63. The molecule has 2 atom stereocenters. The number of fused-ring (bicyclic) bond motifs is 2. The Morgan fingerprint density at radius 1 is 0.778 bits per heavy atom. The Labute approximate surface area is 236 Å². The molecule has 0 spiro atoms. The van der Waals surface area contributed by atoms with E-state index >= 15 is 0 Å². The van der Waals surface area contributed by atoms with Crippen LogP contribution in [0.5, 0.6) is 0 Å². The maximum Gasteiger partial charge on any atom is 0.0205 e. The molecule has 1 heteroatoms. The summed E-state index contributed by atoms with van der Waals surface area (Å²) < 4.78 is 1.51. The molecule has 0 aliphatic heterocycles. The van der Waals surface area contributed by atoms with Gasteiger partial charge in [-0.15, -0.1) is 0 Å². The van der Waals surface area contributed by atoms with Crippen molar-refractivity contribution in [1.29, 1.82) is 0 Å². The van der Waals surface area contributed by atoms with Crippen LogP contribution in [0.2, 0.25) is 0 Å². The van der Waals surface area contributed by atoms with Gasteiger partial charge in [0.05, 0.1) is 0 Å². The number of aryl methyl sites for hydroxylation is 1. The molecule has 0 saturated heterocycles. The molecule has 0 nitrogen and oxygen atoms in total. The minimum Gasteiger partial charge on any atom is -0.0586 e. The molecular formula is C35H51I. The second kappa shape index (κ2) is 9.13. The van der Waals surface area contributed by atoms with Gasteiger partial charge in [0.25, 0.3) is 0 Å². The molecule has 4 rings (SSSR count). The maximum absolute atomic E-state index is 2.65. The van der Waals surface area contributed by atoms with Crippen molar-refractivity contribution in [2.45, 2.75) is 142 Å². The fraction of sp³-hybridized carbons (Fsp3) is 0.657. The molecule has 0 heterocycles. The van der Waals surface area contributed by atoms with Crippen LogP contribution >= 0.6 is 22.6 Å². The Bertz CT molecular complexity index is 1160. The highest BCUT2D eigenvalue weighted by atomic mass is 127. The lowest BCUT2D eigenvalue weighted by atomic mass is 9.55. The van der Waals surface area contributed by atoms with Crippen LogP contribution in [0, 0.1) is 16.4 Å². The highest BCUT2D eigenvalue weighted by Gasteiger charge is 2.46. The van der Waals surface area contributed by atoms with Gasteiger partial charge in [-0.05, 0) is 134 Å². The van der Waals surface area contributed by atoms with Crippen LogP contribution in [0.3, 0.4) is 0 Å². The molecular weight excluding hydrogens is 547 g/mol. The first kappa shape index (κ1) is 28.2. The zero-order valence-corrected chi connectivity index (χ0v) is 27.4. The topological polar surface area (TPSA) is 0 Å². The third kappa shape index (κ3) is 4.62. The maximum atomic E-state index is 2.65. The number of rotatable bonds is 4. The third-order valence-corrected chi connectivity index (χ3v) is 11.5. The standard InChI is InChI=1S/C35H51I/c1-21(2)25-13-14-27-30(31(25)36)34(9,10)20-24(35(27,11)12)17-22(3)26-19-29-28(18-23(26)4)32(5,6)15-16-33(29,7)8/h13-14,18-19,21-22,24H,15-17,20H2,1-12H3. The van der Waals surface area contributed by atoms with Crippen molar-refractivity contribution in [2.24, 2.45) is 5.92 Å². The van der Waals surface area contributed by atoms with Crippen molar-refractivity contribution >= 4 is 22.6 Å². The summed E-state index contributed by atoms with van der Waals surface area (Å²) >= 11 is 2.65. The van der Waals surface area contributed by atoms with Gasteiger partial charge < -0.3 is 0 Å². The van der Waals surface area contributed by atoms with E-state index in [-0.39, 0.29) is 21.7 Å². The van der Waals surface area contributed by atoms with Crippen molar-refractivity contribution in [1.82, 2.24) is 0 Å². The Balaban J connectivity index is 1.72. The van der Waals surface area contributed by atoms with Crippen LogP contribution < -0.4 is 0 Å². The number of hydrogen-bond donors (Lipinski definition) is 0. The Morgan fingerprint density at radius 3 is 1.89 bits per heavy atom. The van der Waals surface area contributed by atoms with Crippen LogP contribution in [0.15, 0.2) is 24.3 Å². The van der Waals surface area contributed by atoms with Crippen LogP contribution in [-0.2, 0) is 21.7 Å². The summed E-state index contributed by atoms with van der Waals surface area (Å²) in [6, 6.07) is 10.1. The molecule has 0 N–H and O–H groups in total. The first-order chi connectivity index (χ1) is 16.4. The summed E-state index contributed by atoms with van der Waals surface area (Å²) in [7, 11) is 0. The summed E-state index contributed by atoms with van der Waals surface area (Å²) in [5.41, 5.74) is 11.9. The molecule has 0 bridgehead atoms. The van der Waals surface area contributed by atoms with Gasteiger partial charge in [-0.25, -0.2) is 0 Å². The summed E-state index contributed by atoms with van der Waals surface area (Å²) in [4.78, 5) is 0. The highest BCUT2D eigenvalue weighted by Crippen LogP contribution is 2.54. The lowest BCUT2D eigenvalue weighted by Gasteiger charge is -2.49. The second-order valence-corrected chi connectivity index (χ2v) is 16.3. The summed E-state index contributed by atoms with van der Waals surface area (Å²) in [6.07, 6.45) is 5.07. The molecule has 0 fully saturated rings. The Hall–Kier alpha value is -0.830. The normalized spacial score (nSPS) is 24.2. The Morgan fingerprint density at radius 2 is 1.33 bits per heavy atom. The van der Waals surface area contributed by atoms with Crippen LogP contribution in [0.25, 0.3) is 0 Å². The molecule has 2 unspecified atom stereocenters. The molecule has 2 aromatic rings. The van der Waals surface area contributed by atoms with Gasteiger partial charge in [0.2, 0.25) is 0 Å². The molecule has 2 aromatic carbocycles. The van der Waals surface area contributed by atoms with E-state index in [4.69, 9.17) is 0 Å². The van der Waals surface area contributed by atoms with Crippen LogP contribution in [0.4, 0.5) is 0 Å². The SMILES string of the molecule is Cc1cc2c(cc1C(C)CC1CC(C)(C)c3c(ccc(C(C)C)c3I)C1(C)C)C(C)(C)CCC2(C)C. The average molecular weight is 599 g/mol. The van der Waals surface area contributed by atoms with Gasteiger partial charge >= 0.3 is 0 Å². The van der Waals surface area contributed by atoms with E-state index < -0.39 is 0 Å². The van der Waals surface area contributed by atoms with Gasteiger partial charge in [-0.1, -0.05) is 100 Å². The van der Waals surface area contributed by atoms with Crippen molar-refractivity contribution in [3.8, 4) is 0 Å². The first-order valence-electron chi connectivity index (χ1n) is 14.4. The lowest BCUT2D eigenvalue weighted by molar-refractivity contribution is 0.193. The lowest BCUT2D eigenvalue weighted by Crippen LogP contribution is -2.43. The van der Waals surface area contributed by atoms with Crippen molar-refractivity contribution in [2.75, 3.05) is 0 Å². The van der Waals surface area contributed by atoms with Gasteiger partial charge in [0.15, 0.2) is 0 Å². The van der Waals surface area contributed by atoms with Gasteiger partial charge in [0.1, 0.15) is 0 Å². The van der Waals surface area contributed by atoms with Crippen molar-refractivity contribution in [3.05, 3.63) is 66.8 Å². The largest absolute Gasteiger partial charge is 0.0586 e. The van der Waals surface area contributed by atoms with Crippen molar-refractivity contribution < 1.29 is 0 Å². The van der Waals surface area contributed by atoms with E-state index in [1.54, 1.807) is 27.8 Å². The van der Waals surface area contributed by atoms with Crippen molar-refractivity contribution in [3.63, 3.8) is 0 Å². The zero-order chi connectivity index (χ0) is 27.0. The summed E-state index contributed by atoms with van der Waals surface area (Å²) in [6.45, 7) is 29.4. The molecule has 36 heavy (non-hydrogen) atoms. The summed E-state index contributed by atoms with van der Waals surface area (Å²) in [5, 5.41) is 0. The monoisotopic (exact) mass is 598 g/mol. The predicted molar refractivity (Wildman–Crippen MR) is 167 cm³/mol. The minimum atomic E-state index is 0.178. The number of halogens is 1. The summed E-state index contributed by atoms with van der Waals surface area (Å²) in [5.74, 6) is 1.79. The predicted octanol–water partition coefficient (Wildman–Crippen LogP) is 10.8. The molecule has 2 aliphatic carbocycles. The average Bonchev–Trinajstić information content (AvgIpc) is 2.74. The molecule has 0 saturated carbocycles. The van der Waals surface area contributed by atoms with E-state index in [2.05, 4.69) is 130 Å². The van der Waals surface area contributed by atoms with Gasteiger partial charge in [0, 0.05) is 3.57 Å². The highest BCUT2D eigenvalue weighted by molar-refractivity contribution is 14.1. The molecule has 0 radical (unpaired) electrons. The van der Waals surface area contributed by atoms with Crippen LogP contribution in [0.1, 0.15) is 153 Å². The van der Waals surface area contributed by atoms with Crippen LogP contribution in [-0.4, -0.2) is 0 Å². The number of benzene rings is 2. The molecule has 0 amide bonds. The smallest absolute Gasteiger partial charge is 0.0205 e. The fourth-order valence-corrected chi connectivity index (χ4v) is 9.45. The van der Waals surface area contributed by atoms with E-state index in [9.17, 15) is 0 Å².